The van der Waals surface area contributed by atoms with Crippen molar-refractivity contribution in [2.45, 2.75) is 19.8 Å². The number of hydrogen-bond donors (Lipinski definition) is 3. The van der Waals surface area contributed by atoms with Crippen LogP contribution in [-0.2, 0) is 0 Å². The summed E-state index contributed by atoms with van der Waals surface area (Å²) in [5.41, 5.74) is 15.0. The summed E-state index contributed by atoms with van der Waals surface area (Å²) in [6.07, 6.45) is 1.96. The summed E-state index contributed by atoms with van der Waals surface area (Å²) in [5.74, 6) is 1.16. The standard InChI is InChI=1S/C22H28N4O2/c1-14-18(21(24)26-9-7-15(13-23)8-10-26)11-16(12-19(14)22(25)27)17-5-3-4-6-20(17)28-2/h3-6,11-12,15,24H,7-10,13,23H2,1-2H3,(H2,25,27). The highest BCUT2D eigenvalue weighted by Crippen LogP contribution is 2.33. The number of primary amides is 1. The van der Waals surface area contributed by atoms with Crippen molar-refractivity contribution in [3.05, 3.63) is 53.1 Å². The third kappa shape index (κ3) is 3.87. The predicted octanol–water partition coefficient (Wildman–Crippen LogP) is 2.77. The van der Waals surface area contributed by atoms with E-state index < -0.39 is 5.91 Å². The van der Waals surface area contributed by atoms with Crippen LogP contribution >= 0.6 is 0 Å². The lowest BCUT2D eigenvalue weighted by Crippen LogP contribution is -2.40. The van der Waals surface area contributed by atoms with E-state index in [2.05, 4.69) is 4.90 Å². The average molecular weight is 380 g/mol. The van der Waals surface area contributed by atoms with Gasteiger partial charge in [-0.05, 0) is 61.6 Å². The van der Waals surface area contributed by atoms with Crippen molar-refractivity contribution >= 4 is 11.7 Å². The lowest BCUT2D eigenvalue weighted by atomic mass is 9.92. The molecule has 1 amide bonds. The third-order valence-electron chi connectivity index (χ3n) is 5.61. The Morgan fingerprint density at radius 3 is 2.46 bits per heavy atom. The molecule has 0 unspecified atom stereocenters. The normalized spacial score (nSPS) is 14.8. The highest BCUT2D eigenvalue weighted by atomic mass is 16.5. The van der Waals surface area contributed by atoms with Crippen LogP contribution in [0.3, 0.4) is 0 Å². The van der Waals surface area contributed by atoms with Gasteiger partial charge < -0.3 is 21.1 Å². The Labute approximate surface area is 166 Å². The average Bonchev–Trinajstić information content (AvgIpc) is 2.73. The number of benzene rings is 2. The SMILES string of the molecule is COc1ccccc1-c1cc(C(=N)N2CCC(CN)CC2)c(C)c(C(N)=O)c1. The highest BCUT2D eigenvalue weighted by Gasteiger charge is 2.24. The molecule has 0 radical (unpaired) electrons. The van der Waals surface area contributed by atoms with Crippen LogP contribution in [0.15, 0.2) is 36.4 Å². The van der Waals surface area contributed by atoms with Gasteiger partial charge in [0.15, 0.2) is 0 Å². The van der Waals surface area contributed by atoms with Crippen LogP contribution in [-0.4, -0.2) is 43.4 Å². The molecule has 148 valence electrons. The molecule has 5 N–H and O–H groups in total. The Morgan fingerprint density at radius 1 is 1.21 bits per heavy atom. The maximum atomic E-state index is 12.1. The van der Waals surface area contributed by atoms with E-state index >= 15 is 0 Å². The van der Waals surface area contributed by atoms with E-state index in [4.69, 9.17) is 21.6 Å². The molecule has 1 saturated heterocycles. The number of carbonyl (C=O) groups is 1. The number of nitrogens with two attached hydrogens (primary N) is 2. The number of carbonyl (C=O) groups excluding carboxylic acids is 1. The first-order valence-electron chi connectivity index (χ1n) is 9.58. The number of amidine groups is 1. The van der Waals surface area contributed by atoms with Gasteiger partial charge in [-0.25, -0.2) is 0 Å². The fourth-order valence-corrected chi connectivity index (χ4v) is 3.82. The van der Waals surface area contributed by atoms with Crippen LogP contribution in [0.25, 0.3) is 11.1 Å². The topological polar surface area (TPSA) is 105 Å². The quantitative estimate of drug-likeness (QED) is 0.548. The van der Waals surface area contributed by atoms with Gasteiger partial charge in [-0.1, -0.05) is 18.2 Å². The summed E-state index contributed by atoms with van der Waals surface area (Å²) < 4.78 is 5.48. The molecule has 0 aliphatic carbocycles. The molecule has 0 spiro atoms. The number of piperidine rings is 1. The number of likely N-dealkylation sites (tertiary alicyclic amines) is 1. The Balaban J connectivity index is 2.04. The Hall–Kier alpha value is -2.86. The van der Waals surface area contributed by atoms with Gasteiger partial charge in [-0.2, -0.15) is 0 Å². The molecular weight excluding hydrogens is 352 g/mol. The summed E-state index contributed by atoms with van der Waals surface area (Å²) in [4.78, 5) is 14.1. The molecule has 0 saturated carbocycles. The van der Waals surface area contributed by atoms with Crippen molar-refractivity contribution in [3.8, 4) is 16.9 Å². The van der Waals surface area contributed by atoms with E-state index in [-0.39, 0.29) is 0 Å². The summed E-state index contributed by atoms with van der Waals surface area (Å²) in [7, 11) is 1.62. The van der Waals surface area contributed by atoms with E-state index in [1.54, 1.807) is 13.2 Å². The summed E-state index contributed by atoms with van der Waals surface area (Å²) in [5, 5.41) is 8.79. The van der Waals surface area contributed by atoms with Crippen LogP contribution in [0, 0.1) is 18.3 Å². The fraction of sp³-hybridized carbons (Fsp3) is 0.364. The lowest BCUT2D eigenvalue weighted by molar-refractivity contribution is 0.0999. The number of ether oxygens (including phenoxy) is 1. The van der Waals surface area contributed by atoms with Crippen LogP contribution in [0.2, 0.25) is 0 Å². The van der Waals surface area contributed by atoms with Gasteiger partial charge in [0.25, 0.3) is 0 Å². The van der Waals surface area contributed by atoms with Crippen molar-refractivity contribution in [2.24, 2.45) is 17.4 Å². The van der Waals surface area contributed by atoms with Gasteiger partial charge >= 0.3 is 0 Å². The maximum Gasteiger partial charge on any atom is 0.249 e. The number of hydrogen-bond acceptors (Lipinski definition) is 4. The Morgan fingerprint density at radius 2 is 1.86 bits per heavy atom. The zero-order valence-corrected chi connectivity index (χ0v) is 16.5. The molecule has 1 aliphatic heterocycles. The maximum absolute atomic E-state index is 12.1. The van der Waals surface area contributed by atoms with E-state index in [9.17, 15) is 4.79 Å². The Bertz CT molecular complexity index is 886. The summed E-state index contributed by atoms with van der Waals surface area (Å²) >= 11 is 0. The largest absolute Gasteiger partial charge is 0.496 e. The molecule has 6 heteroatoms. The summed E-state index contributed by atoms with van der Waals surface area (Å²) in [6.45, 7) is 4.13. The molecule has 0 aromatic heterocycles. The second-order valence-electron chi connectivity index (χ2n) is 7.28. The first-order chi connectivity index (χ1) is 13.5. The number of para-hydroxylation sites is 1. The molecule has 1 fully saturated rings. The molecular formula is C22H28N4O2. The second-order valence-corrected chi connectivity index (χ2v) is 7.28. The van der Waals surface area contributed by atoms with Crippen molar-refractivity contribution in [1.82, 2.24) is 4.90 Å². The molecule has 1 heterocycles. The van der Waals surface area contributed by atoms with Crippen LogP contribution in [0.4, 0.5) is 0 Å². The van der Waals surface area contributed by atoms with Gasteiger partial charge in [0.2, 0.25) is 5.91 Å². The molecule has 3 rings (SSSR count). The molecule has 6 nitrogen and oxygen atoms in total. The van der Waals surface area contributed by atoms with Crippen molar-refractivity contribution in [1.29, 1.82) is 5.41 Å². The van der Waals surface area contributed by atoms with Gasteiger partial charge in [0.1, 0.15) is 11.6 Å². The van der Waals surface area contributed by atoms with E-state index in [0.29, 0.717) is 29.6 Å². The number of methoxy groups -OCH3 is 1. The minimum absolute atomic E-state index is 0.423. The molecule has 2 aromatic rings. The van der Waals surface area contributed by atoms with E-state index in [1.807, 2.05) is 37.3 Å². The Kier molecular flexibility index (Phi) is 5.99. The number of nitrogens with one attached hydrogen (secondary N) is 1. The minimum atomic E-state index is -0.495. The number of nitrogens with zero attached hydrogens (tertiary/aromatic N) is 1. The highest BCUT2D eigenvalue weighted by molar-refractivity contribution is 6.04. The van der Waals surface area contributed by atoms with Crippen molar-refractivity contribution < 1.29 is 9.53 Å². The minimum Gasteiger partial charge on any atom is -0.496 e. The fourth-order valence-electron chi connectivity index (χ4n) is 3.82. The smallest absolute Gasteiger partial charge is 0.249 e. The van der Waals surface area contributed by atoms with Crippen molar-refractivity contribution in [2.75, 3.05) is 26.7 Å². The van der Waals surface area contributed by atoms with Crippen LogP contribution in [0.1, 0.15) is 34.3 Å². The zero-order valence-electron chi connectivity index (χ0n) is 16.5. The van der Waals surface area contributed by atoms with Gasteiger partial charge in [-0.15, -0.1) is 0 Å². The number of amides is 1. The van der Waals surface area contributed by atoms with Gasteiger partial charge in [0, 0.05) is 29.8 Å². The van der Waals surface area contributed by atoms with Gasteiger partial charge in [0.05, 0.1) is 7.11 Å². The summed E-state index contributed by atoms with van der Waals surface area (Å²) in [6, 6.07) is 11.4. The monoisotopic (exact) mass is 380 g/mol. The zero-order chi connectivity index (χ0) is 20.3. The second kappa shape index (κ2) is 8.44. The molecule has 0 atom stereocenters. The number of rotatable bonds is 5. The van der Waals surface area contributed by atoms with E-state index in [0.717, 1.165) is 48.2 Å². The van der Waals surface area contributed by atoms with Gasteiger partial charge in [-0.3, -0.25) is 10.2 Å². The predicted molar refractivity (Wildman–Crippen MR) is 112 cm³/mol. The van der Waals surface area contributed by atoms with Crippen molar-refractivity contribution in [3.63, 3.8) is 0 Å². The first-order valence-corrected chi connectivity index (χ1v) is 9.58. The third-order valence-corrected chi connectivity index (χ3v) is 5.61. The lowest BCUT2D eigenvalue weighted by Gasteiger charge is -2.34. The molecule has 1 aliphatic rings. The van der Waals surface area contributed by atoms with Crippen LogP contribution in [0.5, 0.6) is 5.75 Å². The van der Waals surface area contributed by atoms with E-state index in [1.165, 1.54) is 0 Å². The first kappa shape index (κ1) is 19.9. The molecule has 0 bridgehead atoms. The van der Waals surface area contributed by atoms with Crippen LogP contribution < -0.4 is 16.2 Å². The molecule has 28 heavy (non-hydrogen) atoms. The molecule has 2 aromatic carbocycles.